The Kier molecular flexibility index (Phi) is 4.31. The Hall–Kier alpha value is -1.72. The molecule has 0 saturated heterocycles. The predicted octanol–water partition coefficient (Wildman–Crippen LogP) is 1.79. The summed E-state index contributed by atoms with van der Waals surface area (Å²) in [5.41, 5.74) is 5.90. The molecular weight excluding hydrogens is 262 g/mol. The second kappa shape index (κ2) is 6.37. The number of nitrogens with zero attached hydrogens (tertiary/aromatic N) is 3. The summed E-state index contributed by atoms with van der Waals surface area (Å²) in [6, 6.07) is 8.89. The van der Waals surface area contributed by atoms with E-state index in [2.05, 4.69) is 46.7 Å². The van der Waals surface area contributed by atoms with Gasteiger partial charge in [0.15, 0.2) is 0 Å². The minimum Gasteiger partial charge on any atom is -0.271 e. The third-order valence-electron chi connectivity index (χ3n) is 4.41. The highest BCUT2D eigenvalue weighted by Gasteiger charge is 2.30. The van der Waals surface area contributed by atoms with Crippen LogP contribution >= 0.6 is 0 Å². The van der Waals surface area contributed by atoms with Gasteiger partial charge in [0.1, 0.15) is 12.2 Å². The maximum Gasteiger partial charge on any atom is 0.138 e. The molecule has 3 N–H and O–H groups in total. The Morgan fingerprint density at radius 3 is 3.10 bits per heavy atom. The Bertz CT molecular complexity index is 592. The standard InChI is InChI=1S/C16H23N5/c1-2-9-21-16(18-11-19-21)10-15(20-17)14-8-7-12-5-3-4-6-13(12)14/h3-6,11,14-15,20H,2,7-10,17H2,1H3. The van der Waals surface area contributed by atoms with E-state index in [0.29, 0.717) is 5.92 Å². The minimum absolute atomic E-state index is 0.202. The van der Waals surface area contributed by atoms with Gasteiger partial charge in [0, 0.05) is 24.9 Å². The molecule has 5 nitrogen and oxygen atoms in total. The van der Waals surface area contributed by atoms with Crippen LogP contribution in [0, 0.1) is 0 Å². The van der Waals surface area contributed by atoms with Gasteiger partial charge in [0.05, 0.1) is 0 Å². The molecule has 1 aromatic heterocycles. The van der Waals surface area contributed by atoms with Gasteiger partial charge in [0.2, 0.25) is 0 Å². The zero-order chi connectivity index (χ0) is 14.7. The monoisotopic (exact) mass is 285 g/mol. The molecule has 1 aromatic carbocycles. The maximum atomic E-state index is 5.84. The van der Waals surface area contributed by atoms with Crippen LogP contribution in [0.3, 0.4) is 0 Å². The molecule has 2 atom stereocenters. The summed E-state index contributed by atoms with van der Waals surface area (Å²) in [5.74, 6) is 7.32. The van der Waals surface area contributed by atoms with Crippen LogP contribution in [0.15, 0.2) is 30.6 Å². The average molecular weight is 285 g/mol. The lowest BCUT2D eigenvalue weighted by molar-refractivity contribution is 0.415. The second-order valence-electron chi connectivity index (χ2n) is 5.72. The van der Waals surface area contributed by atoms with E-state index in [9.17, 15) is 0 Å². The number of aryl methyl sites for hydroxylation is 2. The van der Waals surface area contributed by atoms with Crippen LogP contribution in [0.4, 0.5) is 0 Å². The van der Waals surface area contributed by atoms with E-state index in [1.54, 1.807) is 6.33 Å². The van der Waals surface area contributed by atoms with Crippen LogP contribution in [-0.2, 0) is 19.4 Å². The number of nitrogens with two attached hydrogens (primary N) is 1. The summed E-state index contributed by atoms with van der Waals surface area (Å²) < 4.78 is 1.99. The zero-order valence-electron chi connectivity index (χ0n) is 12.5. The number of fused-ring (bicyclic) bond motifs is 1. The van der Waals surface area contributed by atoms with Crippen LogP contribution in [-0.4, -0.2) is 20.8 Å². The van der Waals surface area contributed by atoms with Crippen molar-refractivity contribution in [1.82, 2.24) is 20.2 Å². The number of nitrogens with one attached hydrogen (secondary N) is 1. The van der Waals surface area contributed by atoms with Crippen LogP contribution < -0.4 is 11.3 Å². The largest absolute Gasteiger partial charge is 0.271 e. The lowest BCUT2D eigenvalue weighted by Crippen LogP contribution is -2.41. The van der Waals surface area contributed by atoms with Gasteiger partial charge < -0.3 is 0 Å². The fourth-order valence-corrected chi connectivity index (χ4v) is 3.37. The molecule has 0 bridgehead atoms. The molecule has 0 spiro atoms. The highest BCUT2D eigenvalue weighted by atomic mass is 15.3. The zero-order valence-corrected chi connectivity index (χ0v) is 12.5. The summed E-state index contributed by atoms with van der Waals surface area (Å²) in [5, 5.41) is 4.30. The lowest BCUT2D eigenvalue weighted by Gasteiger charge is -2.23. The predicted molar refractivity (Wildman–Crippen MR) is 82.6 cm³/mol. The van der Waals surface area contributed by atoms with Gasteiger partial charge in [-0.15, -0.1) is 0 Å². The summed E-state index contributed by atoms with van der Waals surface area (Å²) >= 11 is 0. The summed E-state index contributed by atoms with van der Waals surface area (Å²) in [7, 11) is 0. The molecular formula is C16H23N5. The molecule has 0 amide bonds. The molecule has 112 valence electrons. The molecule has 2 unspecified atom stereocenters. The lowest BCUT2D eigenvalue weighted by atomic mass is 9.91. The van der Waals surface area contributed by atoms with E-state index < -0.39 is 0 Å². The second-order valence-corrected chi connectivity index (χ2v) is 5.72. The molecule has 1 heterocycles. The van der Waals surface area contributed by atoms with Gasteiger partial charge in [-0.3, -0.25) is 16.0 Å². The third-order valence-corrected chi connectivity index (χ3v) is 4.41. The van der Waals surface area contributed by atoms with Crippen molar-refractivity contribution in [3.63, 3.8) is 0 Å². The van der Waals surface area contributed by atoms with E-state index in [4.69, 9.17) is 5.84 Å². The van der Waals surface area contributed by atoms with Crippen LogP contribution in [0.1, 0.15) is 42.6 Å². The number of rotatable bonds is 6. The Balaban J connectivity index is 1.79. The normalized spacial score (nSPS) is 18.7. The Morgan fingerprint density at radius 1 is 1.43 bits per heavy atom. The van der Waals surface area contributed by atoms with Crippen molar-refractivity contribution >= 4 is 0 Å². The number of aromatic nitrogens is 3. The topological polar surface area (TPSA) is 68.8 Å². The molecule has 2 aromatic rings. The van der Waals surface area contributed by atoms with Crippen molar-refractivity contribution in [3.8, 4) is 0 Å². The van der Waals surface area contributed by atoms with E-state index >= 15 is 0 Å². The van der Waals surface area contributed by atoms with Crippen molar-refractivity contribution in [3.05, 3.63) is 47.5 Å². The van der Waals surface area contributed by atoms with Crippen molar-refractivity contribution < 1.29 is 0 Å². The first-order chi connectivity index (χ1) is 10.3. The quantitative estimate of drug-likeness (QED) is 0.627. The van der Waals surface area contributed by atoms with Gasteiger partial charge in [-0.1, -0.05) is 31.2 Å². The van der Waals surface area contributed by atoms with Gasteiger partial charge in [0.25, 0.3) is 0 Å². The Morgan fingerprint density at radius 2 is 2.29 bits per heavy atom. The molecule has 1 aliphatic rings. The molecule has 1 aliphatic carbocycles. The van der Waals surface area contributed by atoms with Gasteiger partial charge in [-0.05, 0) is 30.4 Å². The molecule has 0 aliphatic heterocycles. The molecule has 0 radical (unpaired) electrons. The van der Waals surface area contributed by atoms with E-state index in [1.165, 1.54) is 11.1 Å². The first-order valence-corrected chi connectivity index (χ1v) is 7.74. The third kappa shape index (κ3) is 2.84. The number of hydrazine groups is 1. The smallest absolute Gasteiger partial charge is 0.138 e. The molecule has 0 fully saturated rings. The fraction of sp³-hybridized carbons (Fsp3) is 0.500. The van der Waals surface area contributed by atoms with Crippen LogP contribution in [0.2, 0.25) is 0 Å². The van der Waals surface area contributed by atoms with E-state index in [0.717, 1.165) is 38.1 Å². The molecule has 5 heteroatoms. The van der Waals surface area contributed by atoms with E-state index in [-0.39, 0.29) is 6.04 Å². The SMILES string of the molecule is CCCn1ncnc1CC(NN)C1CCc2ccccc21. The van der Waals surface area contributed by atoms with Crippen molar-refractivity contribution in [2.45, 2.75) is 51.1 Å². The molecule has 3 rings (SSSR count). The number of benzene rings is 1. The highest BCUT2D eigenvalue weighted by Crippen LogP contribution is 2.35. The van der Waals surface area contributed by atoms with Crippen molar-refractivity contribution in [1.29, 1.82) is 0 Å². The highest BCUT2D eigenvalue weighted by molar-refractivity contribution is 5.36. The van der Waals surface area contributed by atoms with E-state index in [1.807, 2.05) is 4.68 Å². The maximum absolute atomic E-state index is 5.84. The number of hydrogen-bond acceptors (Lipinski definition) is 4. The van der Waals surface area contributed by atoms with Crippen molar-refractivity contribution in [2.75, 3.05) is 0 Å². The number of hydrogen-bond donors (Lipinski definition) is 2. The molecule has 0 saturated carbocycles. The average Bonchev–Trinajstić information content (AvgIpc) is 3.12. The van der Waals surface area contributed by atoms with Crippen molar-refractivity contribution in [2.24, 2.45) is 5.84 Å². The van der Waals surface area contributed by atoms with Crippen LogP contribution in [0.25, 0.3) is 0 Å². The Labute approximate surface area is 125 Å². The molecule has 21 heavy (non-hydrogen) atoms. The summed E-state index contributed by atoms with van der Waals surface area (Å²) in [6.07, 6.45) is 5.80. The van der Waals surface area contributed by atoms with Gasteiger partial charge in [-0.2, -0.15) is 5.10 Å². The van der Waals surface area contributed by atoms with Crippen LogP contribution in [0.5, 0.6) is 0 Å². The first-order valence-electron chi connectivity index (χ1n) is 7.74. The van der Waals surface area contributed by atoms with Gasteiger partial charge in [-0.25, -0.2) is 4.98 Å². The van der Waals surface area contributed by atoms with Gasteiger partial charge >= 0.3 is 0 Å². The summed E-state index contributed by atoms with van der Waals surface area (Å²) in [6.45, 7) is 3.06. The fourth-order valence-electron chi connectivity index (χ4n) is 3.37. The summed E-state index contributed by atoms with van der Waals surface area (Å²) in [4.78, 5) is 4.41. The first kappa shape index (κ1) is 14.2. The minimum atomic E-state index is 0.202.